The van der Waals surface area contributed by atoms with E-state index in [2.05, 4.69) is 18.2 Å². The lowest BCUT2D eigenvalue weighted by Crippen LogP contribution is -2.09. The minimum absolute atomic E-state index is 0.261. The second kappa shape index (κ2) is 6.02. The van der Waals surface area contributed by atoms with Gasteiger partial charge in [0.15, 0.2) is 0 Å². The van der Waals surface area contributed by atoms with E-state index in [1.54, 1.807) is 0 Å². The van der Waals surface area contributed by atoms with Crippen molar-refractivity contribution in [3.05, 3.63) is 82.9 Å². The Morgan fingerprint density at radius 2 is 1.50 bits per heavy atom. The van der Waals surface area contributed by atoms with Crippen LogP contribution in [0.4, 0.5) is 0 Å². The third-order valence-electron chi connectivity index (χ3n) is 3.92. The van der Waals surface area contributed by atoms with Crippen LogP contribution in [-0.4, -0.2) is 5.97 Å². The van der Waals surface area contributed by atoms with Gasteiger partial charge in [-0.25, -0.2) is 4.79 Å². The third kappa shape index (κ3) is 2.73. The van der Waals surface area contributed by atoms with Crippen LogP contribution < -0.4 is 0 Å². The van der Waals surface area contributed by atoms with Crippen LogP contribution in [0.3, 0.4) is 0 Å². The summed E-state index contributed by atoms with van der Waals surface area (Å²) in [5.74, 6) is -0.261. The van der Waals surface area contributed by atoms with Crippen LogP contribution in [0, 0.1) is 13.8 Å². The molecule has 0 aromatic heterocycles. The summed E-state index contributed by atoms with van der Waals surface area (Å²) in [6, 6.07) is 20.0. The fraction of sp³-hybridized carbons (Fsp3) is 0.150. The molecule has 0 radical (unpaired) electrons. The summed E-state index contributed by atoms with van der Waals surface area (Å²) in [5.41, 5.74) is 3.59. The van der Waals surface area contributed by atoms with Gasteiger partial charge < -0.3 is 4.74 Å². The molecular formula is C20H18O2. The largest absolute Gasteiger partial charge is 0.457 e. The van der Waals surface area contributed by atoms with Gasteiger partial charge in [0.1, 0.15) is 6.61 Å². The molecule has 0 saturated carbocycles. The zero-order valence-electron chi connectivity index (χ0n) is 12.8. The van der Waals surface area contributed by atoms with E-state index in [4.69, 9.17) is 4.74 Å². The summed E-state index contributed by atoms with van der Waals surface area (Å²) in [4.78, 5) is 12.4. The second-order valence-electron chi connectivity index (χ2n) is 5.48. The molecule has 0 spiro atoms. The van der Waals surface area contributed by atoms with Gasteiger partial charge >= 0.3 is 5.97 Å². The van der Waals surface area contributed by atoms with Crippen LogP contribution in [0.2, 0.25) is 0 Å². The minimum Gasteiger partial charge on any atom is -0.457 e. The maximum absolute atomic E-state index is 12.4. The molecule has 0 unspecified atom stereocenters. The van der Waals surface area contributed by atoms with E-state index < -0.39 is 0 Å². The number of aryl methyl sites for hydroxylation is 2. The maximum atomic E-state index is 12.4. The molecule has 0 heterocycles. The van der Waals surface area contributed by atoms with Gasteiger partial charge in [0.2, 0.25) is 0 Å². The summed E-state index contributed by atoms with van der Waals surface area (Å²) < 4.78 is 5.54. The van der Waals surface area contributed by atoms with Crippen molar-refractivity contribution in [3.8, 4) is 0 Å². The zero-order valence-corrected chi connectivity index (χ0v) is 12.8. The molecule has 0 N–H and O–H groups in total. The molecule has 0 aliphatic carbocycles. The van der Waals surface area contributed by atoms with Crippen molar-refractivity contribution in [1.29, 1.82) is 0 Å². The summed E-state index contributed by atoms with van der Waals surface area (Å²) in [6.45, 7) is 4.15. The highest BCUT2D eigenvalue weighted by Crippen LogP contribution is 2.20. The normalized spacial score (nSPS) is 10.6. The number of carbonyl (C=O) groups excluding carboxylic acids is 1. The Hall–Kier alpha value is -2.61. The van der Waals surface area contributed by atoms with E-state index in [0.29, 0.717) is 5.56 Å². The lowest BCUT2D eigenvalue weighted by Gasteiger charge is -2.11. The first-order valence-electron chi connectivity index (χ1n) is 7.37. The summed E-state index contributed by atoms with van der Waals surface area (Å²) in [6.07, 6.45) is 0. The number of carbonyl (C=O) groups is 1. The Morgan fingerprint density at radius 1 is 0.864 bits per heavy atom. The lowest BCUT2D eigenvalue weighted by molar-refractivity contribution is 0.0472. The highest BCUT2D eigenvalue weighted by atomic mass is 16.5. The minimum atomic E-state index is -0.261. The van der Waals surface area contributed by atoms with E-state index in [-0.39, 0.29) is 12.6 Å². The van der Waals surface area contributed by atoms with E-state index in [9.17, 15) is 4.79 Å². The quantitative estimate of drug-likeness (QED) is 0.647. The molecule has 0 saturated heterocycles. The van der Waals surface area contributed by atoms with Crippen LogP contribution in [-0.2, 0) is 11.3 Å². The van der Waals surface area contributed by atoms with E-state index in [0.717, 1.165) is 27.5 Å². The number of esters is 1. The first-order valence-corrected chi connectivity index (χ1v) is 7.37. The van der Waals surface area contributed by atoms with Gasteiger partial charge in [-0.1, -0.05) is 60.7 Å². The number of hydrogen-bond donors (Lipinski definition) is 0. The van der Waals surface area contributed by atoms with E-state index in [1.165, 1.54) is 0 Å². The van der Waals surface area contributed by atoms with Crippen molar-refractivity contribution in [3.63, 3.8) is 0 Å². The Morgan fingerprint density at radius 3 is 2.27 bits per heavy atom. The first kappa shape index (κ1) is 14.3. The van der Waals surface area contributed by atoms with Crippen molar-refractivity contribution in [2.24, 2.45) is 0 Å². The standard InChI is InChI=1S/C20H18O2/c1-14-7-5-8-15(2)19(14)20(21)22-13-17-11-6-10-16-9-3-4-12-18(16)17/h3-12H,13H2,1-2H3. The topological polar surface area (TPSA) is 26.3 Å². The number of benzene rings is 3. The van der Waals surface area contributed by atoms with Crippen molar-refractivity contribution in [1.82, 2.24) is 0 Å². The molecule has 0 amide bonds. The molecular weight excluding hydrogens is 272 g/mol. The van der Waals surface area contributed by atoms with Crippen LogP contribution in [0.1, 0.15) is 27.0 Å². The molecule has 0 aliphatic rings. The molecule has 0 fully saturated rings. The molecule has 22 heavy (non-hydrogen) atoms. The monoisotopic (exact) mass is 290 g/mol. The van der Waals surface area contributed by atoms with Crippen LogP contribution >= 0.6 is 0 Å². The van der Waals surface area contributed by atoms with Gasteiger partial charge in [0, 0.05) is 0 Å². The molecule has 3 rings (SSSR count). The van der Waals surface area contributed by atoms with Gasteiger partial charge in [-0.3, -0.25) is 0 Å². The van der Waals surface area contributed by atoms with Crippen molar-refractivity contribution in [2.75, 3.05) is 0 Å². The Labute approximate surface area is 130 Å². The molecule has 2 nitrogen and oxygen atoms in total. The van der Waals surface area contributed by atoms with E-state index >= 15 is 0 Å². The Balaban J connectivity index is 1.84. The number of ether oxygens (including phenoxy) is 1. The summed E-state index contributed by atoms with van der Waals surface area (Å²) in [5, 5.41) is 2.28. The molecule has 2 heteroatoms. The summed E-state index contributed by atoms with van der Waals surface area (Å²) >= 11 is 0. The maximum Gasteiger partial charge on any atom is 0.339 e. The second-order valence-corrected chi connectivity index (χ2v) is 5.48. The molecule has 3 aromatic rings. The van der Waals surface area contributed by atoms with Crippen LogP contribution in [0.25, 0.3) is 10.8 Å². The molecule has 0 atom stereocenters. The predicted octanol–water partition coefficient (Wildman–Crippen LogP) is 4.81. The van der Waals surface area contributed by atoms with E-state index in [1.807, 2.05) is 56.3 Å². The van der Waals surface area contributed by atoms with Crippen molar-refractivity contribution < 1.29 is 9.53 Å². The highest BCUT2D eigenvalue weighted by molar-refractivity contribution is 5.93. The average Bonchev–Trinajstić information content (AvgIpc) is 2.52. The Kier molecular flexibility index (Phi) is 3.92. The van der Waals surface area contributed by atoms with Crippen LogP contribution in [0.15, 0.2) is 60.7 Å². The molecule has 3 aromatic carbocycles. The summed E-state index contributed by atoms with van der Waals surface area (Å²) in [7, 11) is 0. The van der Waals surface area contributed by atoms with Gasteiger partial charge in [0.25, 0.3) is 0 Å². The predicted molar refractivity (Wildman–Crippen MR) is 89.0 cm³/mol. The third-order valence-corrected chi connectivity index (χ3v) is 3.92. The van der Waals surface area contributed by atoms with Gasteiger partial charge in [-0.15, -0.1) is 0 Å². The molecule has 110 valence electrons. The fourth-order valence-electron chi connectivity index (χ4n) is 2.77. The van der Waals surface area contributed by atoms with Crippen LogP contribution in [0.5, 0.6) is 0 Å². The highest BCUT2D eigenvalue weighted by Gasteiger charge is 2.13. The number of rotatable bonds is 3. The van der Waals surface area contributed by atoms with Crippen molar-refractivity contribution in [2.45, 2.75) is 20.5 Å². The first-order chi connectivity index (χ1) is 10.7. The molecule has 0 aliphatic heterocycles. The molecule has 0 bridgehead atoms. The zero-order chi connectivity index (χ0) is 15.5. The number of fused-ring (bicyclic) bond motifs is 1. The van der Waals surface area contributed by atoms with Gasteiger partial charge in [-0.2, -0.15) is 0 Å². The average molecular weight is 290 g/mol. The fourth-order valence-corrected chi connectivity index (χ4v) is 2.77. The van der Waals surface area contributed by atoms with Crippen molar-refractivity contribution >= 4 is 16.7 Å². The smallest absolute Gasteiger partial charge is 0.339 e. The Bertz CT molecular complexity index is 808. The van der Waals surface area contributed by atoms with Gasteiger partial charge in [0.05, 0.1) is 5.56 Å². The van der Waals surface area contributed by atoms with Gasteiger partial charge in [-0.05, 0) is 41.3 Å². The number of hydrogen-bond acceptors (Lipinski definition) is 2. The SMILES string of the molecule is Cc1cccc(C)c1C(=O)OCc1cccc2ccccc12. The lowest BCUT2D eigenvalue weighted by atomic mass is 10.0.